The minimum Gasteiger partial charge on any atom is -0.396 e. The van der Waals surface area contributed by atoms with E-state index in [0.717, 1.165) is 0 Å². The van der Waals surface area contributed by atoms with E-state index >= 15 is 0 Å². The van der Waals surface area contributed by atoms with Crippen LogP contribution >= 0.6 is 11.6 Å². The van der Waals surface area contributed by atoms with E-state index in [1.54, 1.807) is 6.20 Å². The second-order valence-corrected chi connectivity index (χ2v) is 5.19. The number of rotatable bonds is 4. The van der Waals surface area contributed by atoms with E-state index in [2.05, 4.69) is 36.1 Å². The molecule has 1 atom stereocenters. The topological polar surface area (TPSA) is 58.0 Å². The minimum absolute atomic E-state index is 0.0345. The predicted molar refractivity (Wildman–Crippen MR) is 65.6 cm³/mol. The first kappa shape index (κ1) is 13.2. The summed E-state index contributed by atoms with van der Waals surface area (Å²) in [5.41, 5.74) is 0.0345. The molecule has 1 heterocycles. The van der Waals surface area contributed by atoms with Crippen LogP contribution in [0.3, 0.4) is 0 Å². The van der Waals surface area contributed by atoms with Crippen molar-refractivity contribution in [1.29, 1.82) is 0 Å². The SMILES string of the molecule is CC(C)(C)C(CCO)Nc1cncc(Cl)n1. The van der Waals surface area contributed by atoms with Gasteiger partial charge in [0.1, 0.15) is 11.0 Å². The highest BCUT2D eigenvalue weighted by Gasteiger charge is 2.24. The zero-order valence-electron chi connectivity index (χ0n) is 9.87. The van der Waals surface area contributed by atoms with Crippen LogP contribution in [0.4, 0.5) is 5.82 Å². The maximum Gasteiger partial charge on any atom is 0.149 e. The van der Waals surface area contributed by atoms with Crippen LogP contribution in [0, 0.1) is 5.41 Å². The predicted octanol–water partition coefficient (Wildman–Crippen LogP) is 2.34. The van der Waals surface area contributed by atoms with Gasteiger partial charge in [0.05, 0.1) is 12.4 Å². The molecule has 0 spiro atoms. The van der Waals surface area contributed by atoms with Gasteiger partial charge in [-0.25, -0.2) is 4.98 Å². The van der Waals surface area contributed by atoms with Gasteiger partial charge >= 0.3 is 0 Å². The van der Waals surface area contributed by atoms with Crippen molar-refractivity contribution in [3.05, 3.63) is 17.5 Å². The molecule has 5 heteroatoms. The van der Waals surface area contributed by atoms with Gasteiger partial charge in [0, 0.05) is 12.6 Å². The molecule has 2 N–H and O–H groups in total. The number of nitrogens with one attached hydrogen (secondary N) is 1. The number of hydrogen-bond donors (Lipinski definition) is 2. The average Bonchev–Trinajstić information content (AvgIpc) is 2.16. The van der Waals surface area contributed by atoms with E-state index in [-0.39, 0.29) is 18.1 Å². The fraction of sp³-hybridized carbons (Fsp3) is 0.636. The van der Waals surface area contributed by atoms with E-state index < -0.39 is 0 Å². The van der Waals surface area contributed by atoms with E-state index in [0.29, 0.717) is 17.4 Å². The Bertz CT molecular complexity index is 338. The van der Waals surface area contributed by atoms with Gasteiger partial charge in [-0.3, -0.25) is 4.98 Å². The molecule has 0 aliphatic carbocycles. The Hall–Kier alpha value is -0.870. The molecule has 0 aliphatic heterocycles. The number of hydrogen-bond acceptors (Lipinski definition) is 4. The summed E-state index contributed by atoms with van der Waals surface area (Å²) in [5.74, 6) is 0.640. The van der Waals surface area contributed by atoms with Gasteiger partial charge in [0.2, 0.25) is 0 Å². The summed E-state index contributed by atoms with van der Waals surface area (Å²) in [6, 6.07) is 0.130. The van der Waals surface area contributed by atoms with Gasteiger partial charge < -0.3 is 10.4 Å². The molecule has 1 aromatic heterocycles. The maximum atomic E-state index is 9.03. The third-order valence-electron chi connectivity index (χ3n) is 2.39. The van der Waals surface area contributed by atoms with E-state index in [4.69, 9.17) is 16.7 Å². The smallest absolute Gasteiger partial charge is 0.149 e. The quantitative estimate of drug-likeness (QED) is 0.852. The van der Waals surface area contributed by atoms with Gasteiger partial charge in [0.25, 0.3) is 0 Å². The molecule has 0 saturated carbocycles. The van der Waals surface area contributed by atoms with Crippen molar-refractivity contribution in [1.82, 2.24) is 9.97 Å². The van der Waals surface area contributed by atoms with Crippen molar-refractivity contribution >= 4 is 17.4 Å². The summed E-state index contributed by atoms with van der Waals surface area (Å²) < 4.78 is 0. The first-order chi connectivity index (χ1) is 7.43. The monoisotopic (exact) mass is 243 g/mol. The van der Waals surface area contributed by atoms with Crippen LogP contribution in [0.5, 0.6) is 0 Å². The van der Waals surface area contributed by atoms with Crippen LogP contribution in [0.2, 0.25) is 5.15 Å². The minimum atomic E-state index is 0.0345. The molecule has 0 fully saturated rings. The fourth-order valence-corrected chi connectivity index (χ4v) is 1.59. The Balaban J connectivity index is 2.76. The number of aliphatic hydroxyl groups excluding tert-OH is 1. The number of aliphatic hydroxyl groups is 1. The Morgan fingerprint density at radius 1 is 1.44 bits per heavy atom. The lowest BCUT2D eigenvalue weighted by atomic mass is 9.85. The van der Waals surface area contributed by atoms with E-state index in [1.807, 2.05) is 0 Å². The number of anilines is 1. The highest BCUT2D eigenvalue weighted by molar-refractivity contribution is 6.29. The van der Waals surface area contributed by atoms with E-state index in [9.17, 15) is 0 Å². The Kier molecular flexibility index (Phi) is 4.50. The van der Waals surface area contributed by atoms with Gasteiger partial charge in [-0.05, 0) is 11.8 Å². The Labute approximate surface area is 101 Å². The molecular formula is C11H18ClN3O. The van der Waals surface area contributed by atoms with Gasteiger partial charge in [-0.1, -0.05) is 32.4 Å². The van der Waals surface area contributed by atoms with Crippen LogP contribution in [-0.2, 0) is 0 Å². The van der Waals surface area contributed by atoms with Gasteiger partial charge in [-0.2, -0.15) is 0 Å². The summed E-state index contributed by atoms with van der Waals surface area (Å²) in [6.07, 6.45) is 3.78. The molecule has 0 aromatic carbocycles. The van der Waals surface area contributed by atoms with Crippen LogP contribution in [0.1, 0.15) is 27.2 Å². The maximum absolute atomic E-state index is 9.03. The van der Waals surface area contributed by atoms with Crippen LogP contribution in [0.25, 0.3) is 0 Å². The molecule has 0 saturated heterocycles. The zero-order valence-corrected chi connectivity index (χ0v) is 10.6. The molecule has 90 valence electrons. The fourth-order valence-electron chi connectivity index (χ4n) is 1.44. The molecule has 0 radical (unpaired) electrons. The second kappa shape index (κ2) is 5.46. The Morgan fingerprint density at radius 2 is 2.12 bits per heavy atom. The summed E-state index contributed by atoms with van der Waals surface area (Å²) >= 11 is 5.76. The molecule has 1 aromatic rings. The Morgan fingerprint density at radius 3 is 2.62 bits per heavy atom. The van der Waals surface area contributed by atoms with E-state index in [1.165, 1.54) is 6.20 Å². The van der Waals surface area contributed by atoms with Crippen molar-refractivity contribution in [3.8, 4) is 0 Å². The van der Waals surface area contributed by atoms with Crippen LogP contribution < -0.4 is 5.32 Å². The first-order valence-electron chi connectivity index (χ1n) is 5.28. The van der Waals surface area contributed by atoms with Crippen molar-refractivity contribution in [3.63, 3.8) is 0 Å². The lowest BCUT2D eigenvalue weighted by Gasteiger charge is -2.31. The lowest BCUT2D eigenvalue weighted by Crippen LogP contribution is -2.35. The van der Waals surface area contributed by atoms with Crippen molar-refractivity contribution < 1.29 is 5.11 Å². The van der Waals surface area contributed by atoms with Crippen molar-refractivity contribution in [2.24, 2.45) is 5.41 Å². The molecule has 1 rings (SSSR count). The second-order valence-electron chi connectivity index (χ2n) is 4.80. The molecule has 0 amide bonds. The molecular weight excluding hydrogens is 226 g/mol. The van der Waals surface area contributed by atoms with Crippen LogP contribution in [-0.4, -0.2) is 27.7 Å². The molecule has 16 heavy (non-hydrogen) atoms. The summed E-state index contributed by atoms with van der Waals surface area (Å²) in [7, 11) is 0. The lowest BCUT2D eigenvalue weighted by molar-refractivity contribution is 0.235. The molecule has 0 aliphatic rings. The van der Waals surface area contributed by atoms with Crippen molar-refractivity contribution in [2.45, 2.75) is 33.2 Å². The molecule has 0 bridgehead atoms. The highest BCUT2D eigenvalue weighted by atomic mass is 35.5. The third kappa shape index (κ3) is 3.94. The summed E-state index contributed by atoms with van der Waals surface area (Å²) in [4.78, 5) is 8.08. The average molecular weight is 244 g/mol. The zero-order chi connectivity index (χ0) is 12.2. The summed E-state index contributed by atoms with van der Waals surface area (Å²) in [6.45, 7) is 6.47. The van der Waals surface area contributed by atoms with Gasteiger partial charge in [-0.15, -0.1) is 0 Å². The number of nitrogens with zero attached hydrogens (tertiary/aromatic N) is 2. The van der Waals surface area contributed by atoms with Crippen molar-refractivity contribution in [2.75, 3.05) is 11.9 Å². The third-order valence-corrected chi connectivity index (χ3v) is 2.57. The summed E-state index contributed by atoms with van der Waals surface area (Å²) in [5, 5.41) is 12.6. The van der Waals surface area contributed by atoms with Crippen LogP contribution in [0.15, 0.2) is 12.4 Å². The normalized spacial score (nSPS) is 13.6. The number of aromatic nitrogens is 2. The molecule has 1 unspecified atom stereocenters. The van der Waals surface area contributed by atoms with Gasteiger partial charge in [0.15, 0.2) is 0 Å². The first-order valence-corrected chi connectivity index (χ1v) is 5.66. The highest BCUT2D eigenvalue weighted by Crippen LogP contribution is 2.24. The largest absolute Gasteiger partial charge is 0.396 e. The number of halogens is 1. The standard InChI is InChI=1S/C11H18ClN3O/c1-11(2,3)8(4-5-16)14-10-7-13-6-9(12)15-10/h6-8,16H,4-5H2,1-3H3,(H,14,15). The molecule has 4 nitrogen and oxygen atoms in total.